The SMILES string of the molecule is CCNC(=O)N1CCC(NC(=O)C(C)COC)C1. The van der Waals surface area contributed by atoms with Crippen molar-refractivity contribution in [1.82, 2.24) is 15.5 Å². The van der Waals surface area contributed by atoms with Crippen LogP contribution >= 0.6 is 0 Å². The molecule has 0 aromatic carbocycles. The molecule has 0 spiro atoms. The van der Waals surface area contributed by atoms with Crippen molar-refractivity contribution in [2.75, 3.05) is 33.4 Å². The van der Waals surface area contributed by atoms with E-state index in [-0.39, 0.29) is 23.9 Å². The molecular formula is C12H23N3O3. The molecule has 1 fully saturated rings. The molecule has 2 unspecified atom stereocenters. The van der Waals surface area contributed by atoms with Crippen LogP contribution < -0.4 is 10.6 Å². The van der Waals surface area contributed by atoms with E-state index < -0.39 is 0 Å². The molecule has 6 heteroatoms. The summed E-state index contributed by atoms with van der Waals surface area (Å²) in [6.45, 7) is 6.03. The molecule has 0 radical (unpaired) electrons. The monoisotopic (exact) mass is 257 g/mol. The third-order valence-corrected chi connectivity index (χ3v) is 3.01. The Kier molecular flexibility index (Phi) is 5.91. The number of nitrogens with one attached hydrogen (secondary N) is 2. The second-order valence-corrected chi connectivity index (χ2v) is 4.63. The van der Waals surface area contributed by atoms with Crippen LogP contribution in [0, 0.1) is 5.92 Å². The summed E-state index contributed by atoms with van der Waals surface area (Å²) in [6, 6.07) is -0.00130. The maximum absolute atomic E-state index is 11.8. The fourth-order valence-electron chi connectivity index (χ4n) is 1.99. The van der Waals surface area contributed by atoms with Crippen LogP contribution in [-0.4, -0.2) is 56.2 Å². The first-order chi connectivity index (χ1) is 8.58. The zero-order valence-corrected chi connectivity index (χ0v) is 11.4. The number of hydrogen-bond donors (Lipinski definition) is 2. The topological polar surface area (TPSA) is 70.7 Å². The van der Waals surface area contributed by atoms with E-state index in [4.69, 9.17) is 4.74 Å². The van der Waals surface area contributed by atoms with Gasteiger partial charge in [0, 0.05) is 32.8 Å². The van der Waals surface area contributed by atoms with Crippen LogP contribution in [0.15, 0.2) is 0 Å². The Morgan fingerprint density at radius 1 is 1.50 bits per heavy atom. The van der Waals surface area contributed by atoms with Crippen molar-refractivity contribution >= 4 is 11.9 Å². The summed E-state index contributed by atoms with van der Waals surface area (Å²) >= 11 is 0. The van der Waals surface area contributed by atoms with Crippen LogP contribution in [0.4, 0.5) is 4.79 Å². The zero-order valence-electron chi connectivity index (χ0n) is 11.4. The highest BCUT2D eigenvalue weighted by molar-refractivity contribution is 5.79. The lowest BCUT2D eigenvalue weighted by Crippen LogP contribution is -2.43. The number of hydrogen-bond acceptors (Lipinski definition) is 3. The summed E-state index contributed by atoms with van der Waals surface area (Å²) in [5.74, 6) is -0.173. The van der Waals surface area contributed by atoms with Crippen molar-refractivity contribution in [3.63, 3.8) is 0 Å². The van der Waals surface area contributed by atoms with Crippen molar-refractivity contribution < 1.29 is 14.3 Å². The van der Waals surface area contributed by atoms with Crippen molar-refractivity contribution in [3.05, 3.63) is 0 Å². The summed E-state index contributed by atoms with van der Waals surface area (Å²) < 4.78 is 4.95. The number of methoxy groups -OCH3 is 1. The number of carbonyl (C=O) groups is 2. The lowest BCUT2D eigenvalue weighted by Gasteiger charge is -2.18. The third kappa shape index (κ3) is 4.18. The molecule has 18 heavy (non-hydrogen) atoms. The van der Waals surface area contributed by atoms with E-state index in [0.717, 1.165) is 6.42 Å². The largest absolute Gasteiger partial charge is 0.384 e. The number of ether oxygens (including phenoxy) is 1. The van der Waals surface area contributed by atoms with E-state index in [9.17, 15) is 9.59 Å². The molecule has 0 saturated carbocycles. The van der Waals surface area contributed by atoms with Gasteiger partial charge in [0.1, 0.15) is 0 Å². The van der Waals surface area contributed by atoms with Crippen LogP contribution in [0.2, 0.25) is 0 Å². The van der Waals surface area contributed by atoms with E-state index in [1.165, 1.54) is 0 Å². The fraction of sp³-hybridized carbons (Fsp3) is 0.833. The van der Waals surface area contributed by atoms with Gasteiger partial charge in [0.2, 0.25) is 5.91 Å². The molecule has 1 saturated heterocycles. The first kappa shape index (κ1) is 14.8. The second-order valence-electron chi connectivity index (χ2n) is 4.63. The molecule has 2 atom stereocenters. The number of urea groups is 1. The van der Waals surface area contributed by atoms with Crippen molar-refractivity contribution in [3.8, 4) is 0 Å². The number of likely N-dealkylation sites (tertiary alicyclic amines) is 1. The van der Waals surface area contributed by atoms with Gasteiger partial charge in [0.25, 0.3) is 0 Å². The van der Waals surface area contributed by atoms with Crippen LogP contribution in [-0.2, 0) is 9.53 Å². The molecule has 6 nitrogen and oxygen atoms in total. The van der Waals surface area contributed by atoms with Gasteiger partial charge in [-0.1, -0.05) is 6.92 Å². The minimum absolute atomic E-state index is 0.0143. The Balaban J connectivity index is 2.34. The average molecular weight is 257 g/mol. The Morgan fingerprint density at radius 3 is 2.83 bits per heavy atom. The first-order valence-corrected chi connectivity index (χ1v) is 6.40. The van der Waals surface area contributed by atoms with E-state index >= 15 is 0 Å². The van der Waals surface area contributed by atoms with Gasteiger partial charge in [0.15, 0.2) is 0 Å². The molecule has 0 bridgehead atoms. The van der Waals surface area contributed by atoms with Crippen LogP contribution in [0.1, 0.15) is 20.3 Å². The molecule has 2 N–H and O–H groups in total. The summed E-state index contributed by atoms with van der Waals surface area (Å²) in [4.78, 5) is 25.1. The van der Waals surface area contributed by atoms with E-state index in [1.807, 2.05) is 13.8 Å². The molecule has 1 aliphatic rings. The van der Waals surface area contributed by atoms with Crippen molar-refractivity contribution in [2.45, 2.75) is 26.3 Å². The van der Waals surface area contributed by atoms with Gasteiger partial charge in [-0.2, -0.15) is 0 Å². The Labute approximate surface area is 108 Å². The highest BCUT2D eigenvalue weighted by Crippen LogP contribution is 2.10. The normalized spacial score (nSPS) is 20.6. The molecule has 0 aromatic heterocycles. The smallest absolute Gasteiger partial charge is 0.317 e. The Morgan fingerprint density at radius 2 is 2.22 bits per heavy atom. The predicted octanol–water partition coefficient (Wildman–Crippen LogP) is 0.189. The van der Waals surface area contributed by atoms with Crippen LogP contribution in [0.25, 0.3) is 0 Å². The maximum Gasteiger partial charge on any atom is 0.317 e. The lowest BCUT2D eigenvalue weighted by molar-refractivity contribution is -0.126. The summed E-state index contributed by atoms with van der Waals surface area (Å²) in [5.41, 5.74) is 0. The molecule has 1 rings (SSSR count). The molecule has 1 aliphatic heterocycles. The van der Waals surface area contributed by atoms with Gasteiger partial charge in [-0.3, -0.25) is 4.79 Å². The van der Waals surface area contributed by atoms with E-state index in [1.54, 1.807) is 12.0 Å². The van der Waals surface area contributed by atoms with Gasteiger partial charge >= 0.3 is 6.03 Å². The number of amides is 3. The lowest BCUT2D eigenvalue weighted by atomic mass is 10.1. The van der Waals surface area contributed by atoms with E-state index in [0.29, 0.717) is 26.2 Å². The van der Waals surface area contributed by atoms with E-state index in [2.05, 4.69) is 10.6 Å². The standard InChI is InChI=1S/C12H23N3O3/c1-4-13-12(17)15-6-5-10(7-15)14-11(16)9(2)8-18-3/h9-10H,4-8H2,1-3H3,(H,13,17)(H,14,16). The third-order valence-electron chi connectivity index (χ3n) is 3.01. The first-order valence-electron chi connectivity index (χ1n) is 6.40. The second kappa shape index (κ2) is 7.20. The average Bonchev–Trinajstić information content (AvgIpc) is 2.78. The van der Waals surface area contributed by atoms with Crippen molar-refractivity contribution in [2.24, 2.45) is 5.92 Å². The molecular weight excluding hydrogens is 234 g/mol. The maximum atomic E-state index is 11.8. The molecule has 0 aromatic rings. The van der Waals surface area contributed by atoms with Gasteiger partial charge in [0.05, 0.1) is 12.5 Å². The van der Waals surface area contributed by atoms with Crippen LogP contribution in [0.5, 0.6) is 0 Å². The fourth-order valence-corrected chi connectivity index (χ4v) is 1.99. The molecule has 3 amide bonds. The van der Waals surface area contributed by atoms with Crippen LogP contribution in [0.3, 0.4) is 0 Å². The van der Waals surface area contributed by atoms with Gasteiger partial charge < -0.3 is 20.3 Å². The van der Waals surface area contributed by atoms with Gasteiger partial charge in [-0.25, -0.2) is 4.79 Å². The number of rotatable bonds is 5. The zero-order chi connectivity index (χ0) is 13.5. The minimum Gasteiger partial charge on any atom is -0.384 e. The number of carbonyl (C=O) groups excluding carboxylic acids is 2. The summed E-state index contributed by atoms with van der Waals surface area (Å²) in [7, 11) is 1.58. The van der Waals surface area contributed by atoms with Crippen molar-refractivity contribution in [1.29, 1.82) is 0 Å². The highest BCUT2D eigenvalue weighted by atomic mass is 16.5. The number of nitrogens with zero attached hydrogens (tertiary/aromatic N) is 1. The predicted molar refractivity (Wildman–Crippen MR) is 68.2 cm³/mol. The highest BCUT2D eigenvalue weighted by Gasteiger charge is 2.27. The summed E-state index contributed by atoms with van der Waals surface area (Å²) in [5, 5.41) is 5.71. The van der Waals surface area contributed by atoms with Gasteiger partial charge in [-0.05, 0) is 13.3 Å². The minimum atomic E-state index is -0.159. The molecule has 104 valence electrons. The Bertz CT molecular complexity index is 296. The summed E-state index contributed by atoms with van der Waals surface area (Å²) in [6.07, 6.45) is 0.808. The quantitative estimate of drug-likeness (QED) is 0.738. The molecule has 1 heterocycles. The van der Waals surface area contributed by atoms with Gasteiger partial charge in [-0.15, -0.1) is 0 Å². The molecule has 0 aliphatic carbocycles. The Hall–Kier alpha value is -1.30.